The second-order valence-corrected chi connectivity index (χ2v) is 3.08. The Morgan fingerprint density at radius 3 is 2.36 bits per heavy atom. The summed E-state index contributed by atoms with van der Waals surface area (Å²) in [6.45, 7) is -0.203. The molecule has 1 aromatic carbocycles. The van der Waals surface area contributed by atoms with Crippen LogP contribution in [0.25, 0.3) is 0 Å². The molecule has 0 radical (unpaired) electrons. The summed E-state index contributed by atoms with van der Waals surface area (Å²) in [6, 6.07) is 6.25. The maximum absolute atomic E-state index is 9.58. The molecule has 0 fully saturated rings. The van der Waals surface area contributed by atoms with Crippen LogP contribution < -0.4 is 0 Å². The summed E-state index contributed by atoms with van der Waals surface area (Å²) in [6.07, 6.45) is -2.15. The number of hydrogen-bond acceptors (Lipinski definition) is 4. The molecule has 0 saturated heterocycles. The van der Waals surface area contributed by atoms with Crippen molar-refractivity contribution in [2.45, 2.75) is 18.6 Å². The van der Waals surface area contributed by atoms with Gasteiger partial charge in [-0.05, 0) is 12.5 Å². The van der Waals surface area contributed by atoms with Crippen LogP contribution in [0.2, 0.25) is 0 Å². The van der Waals surface area contributed by atoms with Gasteiger partial charge in [0.25, 0.3) is 0 Å². The van der Waals surface area contributed by atoms with Crippen molar-refractivity contribution in [3.05, 3.63) is 29.8 Å². The van der Waals surface area contributed by atoms with Crippen LogP contribution in [0.4, 0.5) is 0 Å². The van der Waals surface area contributed by atoms with Gasteiger partial charge >= 0.3 is 0 Å². The lowest BCUT2D eigenvalue weighted by molar-refractivity contribution is 0.00305. The largest absolute Gasteiger partial charge is 0.508 e. The third kappa shape index (κ3) is 2.45. The SMILES string of the molecule is OCCC(O)C(O)c1ccccc1O. The molecule has 0 aliphatic rings. The van der Waals surface area contributed by atoms with Crippen molar-refractivity contribution in [1.29, 1.82) is 0 Å². The van der Waals surface area contributed by atoms with E-state index in [-0.39, 0.29) is 24.3 Å². The van der Waals surface area contributed by atoms with Crippen LogP contribution in [-0.4, -0.2) is 33.1 Å². The summed E-state index contributed by atoms with van der Waals surface area (Å²) in [5, 5.41) is 36.9. The van der Waals surface area contributed by atoms with Gasteiger partial charge in [-0.25, -0.2) is 0 Å². The van der Waals surface area contributed by atoms with Gasteiger partial charge in [-0.15, -0.1) is 0 Å². The van der Waals surface area contributed by atoms with E-state index < -0.39 is 12.2 Å². The highest BCUT2D eigenvalue weighted by molar-refractivity contribution is 5.34. The minimum atomic E-state index is -1.16. The molecular weight excluding hydrogens is 184 g/mol. The van der Waals surface area contributed by atoms with E-state index >= 15 is 0 Å². The van der Waals surface area contributed by atoms with Gasteiger partial charge in [0, 0.05) is 12.2 Å². The topological polar surface area (TPSA) is 80.9 Å². The number of aliphatic hydroxyl groups excluding tert-OH is 3. The molecule has 0 spiro atoms. The van der Waals surface area contributed by atoms with Crippen molar-refractivity contribution >= 4 is 0 Å². The van der Waals surface area contributed by atoms with Gasteiger partial charge in [0.1, 0.15) is 11.9 Å². The smallest absolute Gasteiger partial charge is 0.121 e. The first-order valence-electron chi connectivity index (χ1n) is 4.41. The summed E-state index contributed by atoms with van der Waals surface area (Å²) in [4.78, 5) is 0. The molecule has 78 valence electrons. The van der Waals surface area contributed by atoms with Crippen molar-refractivity contribution in [3.63, 3.8) is 0 Å². The lowest BCUT2D eigenvalue weighted by atomic mass is 10.0. The van der Waals surface area contributed by atoms with Crippen LogP contribution in [0.1, 0.15) is 18.1 Å². The fraction of sp³-hybridized carbons (Fsp3) is 0.400. The second-order valence-electron chi connectivity index (χ2n) is 3.08. The predicted molar refractivity (Wildman–Crippen MR) is 50.8 cm³/mol. The highest BCUT2D eigenvalue weighted by Gasteiger charge is 2.19. The van der Waals surface area contributed by atoms with Gasteiger partial charge in [-0.3, -0.25) is 0 Å². The normalized spacial score (nSPS) is 15.1. The number of phenolic OH excluding ortho intramolecular Hbond substituents is 1. The Labute approximate surface area is 82.1 Å². The molecule has 0 heterocycles. The molecule has 4 nitrogen and oxygen atoms in total. The monoisotopic (exact) mass is 198 g/mol. The average Bonchev–Trinajstić information content (AvgIpc) is 2.18. The van der Waals surface area contributed by atoms with Crippen molar-refractivity contribution in [3.8, 4) is 5.75 Å². The van der Waals surface area contributed by atoms with Crippen molar-refractivity contribution < 1.29 is 20.4 Å². The minimum Gasteiger partial charge on any atom is -0.508 e. The summed E-state index contributed by atoms with van der Waals surface area (Å²) in [5.41, 5.74) is 0.272. The second kappa shape index (κ2) is 4.95. The fourth-order valence-corrected chi connectivity index (χ4v) is 1.24. The number of aliphatic hydroxyl groups is 3. The standard InChI is InChI=1S/C10H14O4/c11-6-5-9(13)10(14)7-3-1-2-4-8(7)12/h1-4,9-14H,5-6H2. The Hall–Kier alpha value is -1.10. The van der Waals surface area contributed by atoms with Gasteiger partial charge < -0.3 is 20.4 Å². The molecule has 1 aromatic rings. The number of hydrogen-bond donors (Lipinski definition) is 4. The average molecular weight is 198 g/mol. The molecule has 0 aliphatic heterocycles. The van der Waals surface area contributed by atoms with E-state index in [1.165, 1.54) is 12.1 Å². The zero-order chi connectivity index (χ0) is 10.6. The molecule has 1 rings (SSSR count). The van der Waals surface area contributed by atoms with Crippen LogP contribution in [0, 0.1) is 0 Å². The minimum absolute atomic E-state index is 0.0583. The molecular formula is C10H14O4. The number of aromatic hydroxyl groups is 1. The molecule has 2 unspecified atom stereocenters. The highest BCUT2D eigenvalue weighted by Crippen LogP contribution is 2.26. The number of phenols is 1. The maximum atomic E-state index is 9.58. The van der Waals surface area contributed by atoms with Gasteiger partial charge in [0.2, 0.25) is 0 Å². The Kier molecular flexibility index (Phi) is 3.88. The lowest BCUT2D eigenvalue weighted by Gasteiger charge is -2.17. The third-order valence-electron chi connectivity index (χ3n) is 2.04. The summed E-state index contributed by atoms with van der Waals surface area (Å²) < 4.78 is 0. The molecule has 4 N–H and O–H groups in total. The van der Waals surface area contributed by atoms with Crippen molar-refractivity contribution in [2.75, 3.05) is 6.61 Å². The van der Waals surface area contributed by atoms with Crippen LogP contribution in [0.15, 0.2) is 24.3 Å². The van der Waals surface area contributed by atoms with Gasteiger partial charge in [-0.2, -0.15) is 0 Å². The van der Waals surface area contributed by atoms with E-state index in [4.69, 9.17) is 5.11 Å². The van der Waals surface area contributed by atoms with Gasteiger partial charge in [-0.1, -0.05) is 18.2 Å². The fourth-order valence-electron chi connectivity index (χ4n) is 1.24. The first-order valence-corrected chi connectivity index (χ1v) is 4.41. The zero-order valence-electron chi connectivity index (χ0n) is 7.67. The molecule has 2 atom stereocenters. The Balaban J connectivity index is 2.78. The number of benzene rings is 1. The summed E-state index contributed by atoms with van der Waals surface area (Å²) in [7, 11) is 0. The van der Waals surface area contributed by atoms with Crippen LogP contribution in [0.5, 0.6) is 5.75 Å². The van der Waals surface area contributed by atoms with Gasteiger partial charge in [0.15, 0.2) is 0 Å². The summed E-state index contributed by atoms with van der Waals surface area (Å²) in [5.74, 6) is -0.0583. The first kappa shape index (κ1) is 11.0. The molecule has 0 saturated carbocycles. The predicted octanol–water partition coefficient (Wildman–Crippen LogP) is 0.169. The lowest BCUT2D eigenvalue weighted by Crippen LogP contribution is -2.19. The number of para-hydroxylation sites is 1. The molecule has 0 amide bonds. The van der Waals surface area contributed by atoms with E-state index in [1.807, 2.05) is 0 Å². The van der Waals surface area contributed by atoms with Crippen LogP contribution in [0.3, 0.4) is 0 Å². The van der Waals surface area contributed by atoms with E-state index in [1.54, 1.807) is 12.1 Å². The highest BCUT2D eigenvalue weighted by atomic mass is 16.3. The van der Waals surface area contributed by atoms with Crippen molar-refractivity contribution in [2.24, 2.45) is 0 Å². The molecule has 0 aliphatic carbocycles. The van der Waals surface area contributed by atoms with Gasteiger partial charge in [0.05, 0.1) is 6.10 Å². The molecule has 0 aromatic heterocycles. The molecule has 4 heteroatoms. The van der Waals surface area contributed by atoms with E-state index in [0.717, 1.165) is 0 Å². The van der Waals surface area contributed by atoms with E-state index in [0.29, 0.717) is 0 Å². The molecule has 0 bridgehead atoms. The van der Waals surface area contributed by atoms with Crippen LogP contribution >= 0.6 is 0 Å². The number of rotatable bonds is 4. The van der Waals surface area contributed by atoms with E-state index in [9.17, 15) is 15.3 Å². The molecule has 14 heavy (non-hydrogen) atoms. The Bertz CT molecular complexity index is 287. The van der Waals surface area contributed by atoms with Crippen molar-refractivity contribution in [1.82, 2.24) is 0 Å². The Morgan fingerprint density at radius 1 is 1.14 bits per heavy atom. The third-order valence-corrected chi connectivity index (χ3v) is 2.04. The quantitative estimate of drug-likeness (QED) is 0.556. The first-order chi connectivity index (χ1) is 6.66. The maximum Gasteiger partial charge on any atom is 0.121 e. The van der Waals surface area contributed by atoms with Crippen LogP contribution in [-0.2, 0) is 0 Å². The zero-order valence-corrected chi connectivity index (χ0v) is 7.67. The Morgan fingerprint density at radius 2 is 1.79 bits per heavy atom. The summed E-state index contributed by atoms with van der Waals surface area (Å²) >= 11 is 0. The van der Waals surface area contributed by atoms with E-state index in [2.05, 4.69) is 0 Å².